The van der Waals surface area contributed by atoms with Crippen LogP contribution in [0.25, 0.3) is 0 Å². The summed E-state index contributed by atoms with van der Waals surface area (Å²) in [5, 5.41) is 10.1. The third kappa shape index (κ3) is 3.68. The molecular weight excluding hydrogens is 338 g/mol. The van der Waals surface area contributed by atoms with Crippen LogP contribution in [-0.2, 0) is 20.9 Å². The number of hydrogen-bond donors (Lipinski definition) is 0. The van der Waals surface area contributed by atoms with Gasteiger partial charge in [0.05, 0.1) is 6.07 Å². The minimum absolute atomic E-state index is 0.0993. The molecular formula is C23H21NO3. The highest BCUT2D eigenvalue weighted by molar-refractivity contribution is 5.83. The molecule has 1 aliphatic rings. The Kier molecular flexibility index (Phi) is 5.83. The van der Waals surface area contributed by atoms with E-state index in [1.165, 1.54) is 0 Å². The maximum atomic E-state index is 13.2. The Morgan fingerprint density at radius 1 is 1.15 bits per heavy atom. The number of aldehydes is 1. The van der Waals surface area contributed by atoms with E-state index in [1.54, 1.807) is 6.08 Å². The van der Waals surface area contributed by atoms with E-state index in [0.717, 1.165) is 17.4 Å². The average molecular weight is 359 g/mol. The van der Waals surface area contributed by atoms with Gasteiger partial charge in [0.15, 0.2) is 5.41 Å². The topological polar surface area (TPSA) is 67.2 Å². The zero-order chi connectivity index (χ0) is 19.1. The van der Waals surface area contributed by atoms with Crippen LogP contribution in [0.2, 0.25) is 0 Å². The molecule has 0 spiro atoms. The Morgan fingerprint density at radius 2 is 1.81 bits per heavy atom. The van der Waals surface area contributed by atoms with Gasteiger partial charge in [-0.05, 0) is 17.5 Å². The first-order chi connectivity index (χ1) is 13.2. The molecule has 0 saturated heterocycles. The molecule has 3 atom stereocenters. The number of benzene rings is 2. The fraction of sp³-hybridized carbons (Fsp3) is 0.261. The summed E-state index contributed by atoms with van der Waals surface area (Å²) in [4.78, 5) is 24.4. The van der Waals surface area contributed by atoms with E-state index in [-0.39, 0.29) is 18.9 Å². The summed E-state index contributed by atoms with van der Waals surface area (Å²) >= 11 is 0. The van der Waals surface area contributed by atoms with E-state index in [9.17, 15) is 14.9 Å². The first-order valence-electron chi connectivity index (χ1n) is 9.00. The summed E-state index contributed by atoms with van der Waals surface area (Å²) in [6, 6.07) is 21.1. The third-order valence-electron chi connectivity index (χ3n) is 5.16. The van der Waals surface area contributed by atoms with Crippen LogP contribution in [0.1, 0.15) is 29.9 Å². The van der Waals surface area contributed by atoms with Gasteiger partial charge in [0.1, 0.15) is 12.9 Å². The van der Waals surface area contributed by atoms with Gasteiger partial charge in [0.25, 0.3) is 0 Å². The number of carbonyl (C=O) groups excluding carboxylic acids is 2. The van der Waals surface area contributed by atoms with Crippen molar-refractivity contribution in [2.24, 2.45) is 11.3 Å². The predicted octanol–water partition coefficient (Wildman–Crippen LogP) is 4.19. The molecule has 136 valence electrons. The van der Waals surface area contributed by atoms with Gasteiger partial charge in [-0.15, -0.1) is 0 Å². The van der Waals surface area contributed by atoms with Crippen LogP contribution in [0.15, 0.2) is 72.8 Å². The second-order valence-electron chi connectivity index (χ2n) is 6.68. The largest absolute Gasteiger partial charge is 0.460 e. The van der Waals surface area contributed by atoms with Gasteiger partial charge in [0.2, 0.25) is 0 Å². The van der Waals surface area contributed by atoms with Crippen LogP contribution >= 0.6 is 0 Å². The molecule has 27 heavy (non-hydrogen) atoms. The lowest BCUT2D eigenvalue weighted by molar-refractivity contribution is -0.158. The van der Waals surface area contributed by atoms with E-state index < -0.39 is 17.3 Å². The van der Waals surface area contributed by atoms with Crippen LogP contribution < -0.4 is 0 Å². The summed E-state index contributed by atoms with van der Waals surface area (Å²) in [6.45, 7) is 0.0993. The van der Waals surface area contributed by atoms with Crippen molar-refractivity contribution in [1.29, 1.82) is 5.26 Å². The van der Waals surface area contributed by atoms with Crippen LogP contribution in [0, 0.1) is 22.7 Å². The molecule has 0 N–H and O–H groups in total. The fourth-order valence-corrected chi connectivity index (χ4v) is 3.77. The minimum atomic E-state index is -1.42. The molecule has 0 aromatic heterocycles. The minimum Gasteiger partial charge on any atom is -0.460 e. The first kappa shape index (κ1) is 18.6. The van der Waals surface area contributed by atoms with Crippen molar-refractivity contribution in [3.8, 4) is 6.07 Å². The standard InChI is InChI=1S/C23H21NO3/c24-17-23(22(26)27-16-18-8-3-1-4-9-18)20(14-15-25)12-7-13-21(23)19-10-5-2-6-11-19/h1-12,15,20-21H,13-14,16H2/t20-,21-,23+/m1/s1. The molecule has 4 heteroatoms. The molecule has 0 bridgehead atoms. The number of carbonyl (C=O) groups is 2. The number of ether oxygens (including phenoxy) is 1. The van der Waals surface area contributed by atoms with Crippen molar-refractivity contribution >= 4 is 12.3 Å². The van der Waals surface area contributed by atoms with Crippen LogP contribution in [0.4, 0.5) is 0 Å². The van der Waals surface area contributed by atoms with Crippen molar-refractivity contribution in [1.82, 2.24) is 0 Å². The number of allylic oxidation sites excluding steroid dienone is 2. The number of nitrogens with zero attached hydrogens (tertiary/aromatic N) is 1. The number of hydrogen-bond acceptors (Lipinski definition) is 4. The van der Waals surface area contributed by atoms with E-state index in [2.05, 4.69) is 6.07 Å². The molecule has 0 aliphatic heterocycles. The Bertz CT molecular complexity index is 854. The van der Waals surface area contributed by atoms with Crippen molar-refractivity contribution < 1.29 is 14.3 Å². The highest BCUT2D eigenvalue weighted by Gasteiger charge is 2.54. The Hall–Kier alpha value is -3.19. The molecule has 4 nitrogen and oxygen atoms in total. The van der Waals surface area contributed by atoms with Crippen LogP contribution in [0.3, 0.4) is 0 Å². The molecule has 1 aliphatic carbocycles. The summed E-state index contributed by atoms with van der Waals surface area (Å²) in [5.74, 6) is -1.44. The second kappa shape index (κ2) is 8.46. The summed E-state index contributed by atoms with van der Waals surface area (Å²) < 4.78 is 5.58. The SMILES string of the molecule is N#C[C@]1(C(=O)OCc2ccccc2)[C@@H](CC=O)C=CC[C@@H]1c1ccccc1. The maximum absolute atomic E-state index is 13.2. The summed E-state index contributed by atoms with van der Waals surface area (Å²) in [5.41, 5.74) is 0.329. The molecule has 0 amide bonds. The van der Waals surface area contributed by atoms with Gasteiger partial charge in [-0.3, -0.25) is 4.79 Å². The van der Waals surface area contributed by atoms with Gasteiger partial charge >= 0.3 is 5.97 Å². The second-order valence-corrected chi connectivity index (χ2v) is 6.68. The van der Waals surface area contributed by atoms with Gasteiger partial charge in [-0.2, -0.15) is 5.26 Å². The lowest BCUT2D eigenvalue weighted by Crippen LogP contribution is -2.45. The highest BCUT2D eigenvalue weighted by Crippen LogP contribution is 2.49. The molecule has 3 rings (SSSR count). The smallest absolute Gasteiger partial charge is 0.328 e. The Morgan fingerprint density at radius 3 is 2.44 bits per heavy atom. The lowest BCUT2D eigenvalue weighted by atomic mass is 9.60. The zero-order valence-electron chi connectivity index (χ0n) is 15.0. The number of rotatable bonds is 6. The van der Waals surface area contributed by atoms with Crippen molar-refractivity contribution in [2.75, 3.05) is 0 Å². The monoisotopic (exact) mass is 359 g/mol. The average Bonchev–Trinajstić information content (AvgIpc) is 2.73. The van der Waals surface area contributed by atoms with Gasteiger partial charge in [-0.25, -0.2) is 0 Å². The lowest BCUT2D eigenvalue weighted by Gasteiger charge is -2.39. The van der Waals surface area contributed by atoms with Crippen LogP contribution in [0.5, 0.6) is 0 Å². The number of esters is 1. The molecule has 0 heterocycles. The molecule has 2 aromatic rings. The quantitative estimate of drug-likeness (QED) is 0.441. The Labute approximate surface area is 159 Å². The van der Waals surface area contributed by atoms with Gasteiger partial charge in [0, 0.05) is 18.3 Å². The molecule has 0 saturated carbocycles. The van der Waals surface area contributed by atoms with Crippen molar-refractivity contribution in [3.63, 3.8) is 0 Å². The van der Waals surface area contributed by atoms with Gasteiger partial charge in [-0.1, -0.05) is 72.8 Å². The molecule has 0 radical (unpaired) electrons. The molecule has 2 aromatic carbocycles. The summed E-state index contributed by atoms with van der Waals surface area (Å²) in [6.07, 6.45) is 5.17. The third-order valence-corrected chi connectivity index (χ3v) is 5.16. The van der Waals surface area contributed by atoms with E-state index in [4.69, 9.17) is 4.74 Å². The van der Waals surface area contributed by atoms with Gasteiger partial charge < -0.3 is 9.53 Å². The molecule has 0 fully saturated rings. The van der Waals surface area contributed by atoms with E-state index in [1.807, 2.05) is 66.7 Å². The summed E-state index contributed by atoms with van der Waals surface area (Å²) in [7, 11) is 0. The van der Waals surface area contributed by atoms with Crippen molar-refractivity contribution in [2.45, 2.75) is 25.4 Å². The predicted molar refractivity (Wildman–Crippen MR) is 101 cm³/mol. The maximum Gasteiger partial charge on any atom is 0.328 e. The van der Waals surface area contributed by atoms with E-state index in [0.29, 0.717) is 6.42 Å². The van der Waals surface area contributed by atoms with E-state index >= 15 is 0 Å². The number of nitriles is 1. The normalized spacial score (nSPS) is 24.0. The van der Waals surface area contributed by atoms with Crippen molar-refractivity contribution in [3.05, 3.63) is 83.9 Å². The highest BCUT2D eigenvalue weighted by atomic mass is 16.5. The molecule has 0 unspecified atom stereocenters. The first-order valence-corrected chi connectivity index (χ1v) is 9.00. The Balaban J connectivity index is 1.96. The van der Waals surface area contributed by atoms with Crippen LogP contribution in [-0.4, -0.2) is 12.3 Å². The fourth-order valence-electron chi connectivity index (χ4n) is 3.77. The zero-order valence-corrected chi connectivity index (χ0v) is 15.0.